The van der Waals surface area contributed by atoms with E-state index in [-0.39, 0.29) is 6.61 Å². The summed E-state index contributed by atoms with van der Waals surface area (Å²) >= 11 is 0. The summed E-state index contributed by atoms with van der Waals surface area (Å²) < 4.78 is 7.45. The van der Waals surface area contributed by atoms with Crippen molar-refractivity contribution in [1.82, 2.24) is 15.1 Å². The van der Waals surface area contributed by atoms with Crippen LogP contribution in [0.2, 0.25) is 0 Å². The van der Waals surface area contributed by atoms with Gasteiger partial charge in [-0.1, -0.05) is 0 Å². The van der Waals surface area contributed by atoms with Crippen LogP contribution in [-0.2, 0) is 13.1 Å². The Morgan fingerprint density at radius 2 is 2.04 bits per heavy atom. The van der Waals surface area contributed by atoms with Crippen LogP contribution in [0.5, 0.6) is 5.75 Å². The van der Waals surface area contributed by atoms with Gasteiger partial charge in [0.05, 0.1) is 30.5 Å². The highest BCUT2D eigenvalue weighted by Crippen LogP contribution is 2.13. The summed E-state index contributed by atoms with van der Waals surface area (Å²) in [6.45, 7) is 6.59. The number of rotatable bonds is 8. The van der Waals surface area contributed by atoms with Gasteiger partial charge in [0, 0.05) is 24.3 Å². The molecule has 0 aliphatic rings. The first kappa shape index (κ1) is 17.0. The zero-order valence-electron chi connectivity index (χ0n) is 13.5. The Morgan fingerprint density at radius 3 is 2.70 bits per heavy atom. The van der Waals surface area contributed by atoms with Crippen LogP contribution < -0.4 is 10.1 Å². The van der Waals surface area contributed by atoms with E-state index in [1.807, 2.05) is 18.5 Å². The topological polar surface area (TPSA) is 83.1 Å². The lowest BCUT2D eigenvalue weighted by Gasteiger charge is -2.08. The van der Waals surface area contributed by atoms with E-state index in [2.05, 4.69) is 16.5 Å². The highest BCUT2D eigenvalue weighted by molar-refractivity contribution is 5.34. The molecule has 2 rings (SSSR count). The standard InChI is InChI=1S/C17H22N4O2/c1-13-17(14(2)21(20-13)8-9-22)12-19-7-10-23-16-5-3-15(11-18)4-6-16/h3-6,19,22H,7-10,12H2,1-2H3. The van der Waals surface area contributed by atoms with E-state index in [0.29, 0.717) is 25.3 Å². The molecule has 1 heterocycles. The maximum atomic E-state index is 9.02. The molecule has 0 saturated heterocycles. The molecule has 1 aromatic carbocycles. The Morgan fingerprint density at radius 1 is 1.30 bits per heavy atom. The van der Waals surface area contributed by atoms with E-state index in [1.165, 1.54) is 0 Å². The number of benzene rings is 1. The molecule has 6 nitrogen and oxygen atoms in total. The fourth-order valence-electron chi connectivity index (χ4n) is 2.38. The van der Waals surface area contributed by atoms with Crippen LogP contribution in [0.15, 0.2) is 24.3 Å². The summed E-state index contributed by atoms with van der Waals surface area (Å²) in [6.07, 6.45) is 0. The minimum Gasteiger partial charge on any atom is -0.492 e. The molecular weight excluding hydrogens is 292 g/mol. The molecule has 0 bridgehead atoms. The van der Waals surface area contributed by atoms with Gasteiger partial charge in [0.25, 0.3) is 0 Å². The fourth-order valence-corrected chi connectivity index (χ4v) is 2.38. The van der Waals surface area contributed by atoms with Gasteiger partial charge in [-0.25, -0.2) is 0 Å². The van der Waals surface area contributed by atoms with E-state index >= 15 is 0 Å². The average molecular weight is 314 g/mol. The van der Waals surface area contributed by atoms with E-state index in [9.17, 15) is 0 Å². The zero-order chi connectivity index (χ0) is 16.7. The predicted octanol–water partition coefficient (Wildman–Crippen LogP) is 1.53. The number of nitrogens with zero attached hydrogens (tertiary/aromatic N) is 3. The van der Waals surface area contributed by atoms with Gasteiger partial charge in [-0.15, -0.1) is 0 Å². The normalized spacial score (nSPS) is 10.5. The molecule has 2 aromatic rings. The third-order valence-corrected chi connectivity index (χ3v) is 3.68. The molecule has 23 heavy (non-hydrogen) atoms. The molecule has 0 atom stereocenters. The molecule has 0 saturated carbocycles. The molecule has 0 aliphatic heterocycles. The van der Waals surface area contributed by atoms with Crippen molar-refractivity contribution in [1.29, 1.82) is 5.26 Å². The van der Waals surface area contributed by atoms with Crippen LogP contribution in [0.1, 0.15) is 22.5 Å². The van der Waals surface area contributed by atoms with Gasteiger partial charge in [-0.2, -0.15) is 10.4 Å². The van der Waals surface area contributed by atoms with Gasteiger partial charge in [-0.3, -0.25) is 4.68 Å². The summed E-state index contributed by atoms with van der Waals surface area (Å²) in [6, 6.07) is 9.16. The SMILES string of the molecule is Cc1nn(CCO)c(C)c1CNCCOc1ccc(C#N)cc1. The van der Waals surface area contributed by atoms with Crippen molar-refractivity contribution < 1.29 is 9.84 Å². The van der Waals surface area contributed by atoms with Crippen molar-refractivity contribution >= 4 is 0 Å². The third kappa shape index (κ3) is 4.55. The van der Waals surface area contributed by atoms with Crippen LogP contribution in [0.25, 0.3) is 0 Å². The Hall–Kier alpha value is -2.36. The number of nitriles is 1. The van der Waals surface area contributed by atoms with Gasteiger partial charge in [0.1, 0.15) is 12.4 Å². The number of hydrogen-bond acceptors (Lipinski definition) is 5. The second-order valence-corrected chi connectivity index (χ2v) is 5.26. The van der Waals surface area contributed by atoms with Crippen molar-refractivity contribution in [2.75, 3.05) is 19.8 Å². The summed E-state index contributed by atoms with van der Waals surface area (Å²) in [7, 11) is 0. The first-order valence-electron chi connectivity index (χ1n) is 7.63. The van der Waals surface area contributed by atoms with Gasteiger partial charge in [-0.05, 0) is 38.1 Å². The minimum atomic E-state index is 0.0905. The smallest absolute Gasteiger partial charge is 0.119 e. The molecule has 6 heteroatoms. The van der Waals surface area contributed by atoms with Crippen LogP contribution in [-0.4, -0.2) is 34.6 Å². The Kier molecular flexibility index (Phi) is 6.15. The molecule has 2 N–H and O–H groups in total. The van der Waals surface area contributed by atoms with Crippen LogP contribution in [0.3, 0.4) is 0 Å². The van der Waals surface area contributed by atoms with Crippen molar-refractivity contribution in [3.63, 3.8) is 0 Å². The number of ether oxygens (including phenoxy) is 1. The fraction of sp³-hybridized carbons (Fsp3) is 0.412. The summed E-state index contributed by atoms with van der Waals surface area (Å²) in [5.74, 6) is 0.758. The average Bonchev–Trinajstić information content (AvgIpc) is 2.83. The highest BCUT2D eigenvalue weighted by Gasteiger charge is 2.10. The maximum absolute atomic E-state index is 9.02. The van der Waals surface area contributed by atoms with E-state index in [0.717, 1.165) is 29.2 Å². The van der Waals surface area contributed by atoms with Gasteiger partial charge < -0.3 is 15.2 Å². The summed E-state index contributed by atoms with van der Waals surface area (Å²) in [5.41, 5.74) is 3.85. The monoisotopic (exact) mass is 314 g/mol. The molecule has 122 valence electrons. The molecule has 0 amide bonds. The van der Waals surface area contributed by atoms with E-state index < -0.39 is 0 Å². The first-order chi connectivity index (χ1) is 11.2. The number of aliphatic hydroxyl groups excluding tert-OH is 1. The lowest BCUT2D eigenvalue weighted by molar-refractivity contribution is 0.267. The second-order valence-electron chi connectivity index (χ2n) is 5.26. The van der Waals surface area contributed by atoms with Crippen molar-refractivity contribution in [3.05, 3.63) is 46.8 Å². The lowest BCUT2D eigenvalue weighted by Crippen LogP contribution is -2.21. The molecule has 0 fully saturated rings. The number of aliphatic hydroxyl groups is 1. The molecular formula is C17H22N4O2. The number of aryl methyl sites for hydroxylation is 1. The lowest BCUT2D eigenvalue weighted by atomic mass is 10.2. The van der Waals surface area contributed by atoms with Crippen molar-refractivity contribution in [2.24, 2.45) is 0 Å². The summed E-state index contributed by atoms with van der Waals surface area (Å²) in [4.78, 5) is 0. The van der Waals surface area contributed by atoms with Gasteiger partial charge in [0.15, 0.2) is 0 Å². The van der Waals surface area contributed by atoms with E-state index in [1.54, 1.807) is 24.3 Å². The van der Waals surface area contributed by atoms with Gasteiger partial charge in [0.2, 0.25) is 0 Å². The Bertz CT molecular complexity index is 671. The quantitative estimate of drug-likeness (QED) is 0.722. The highest BCUT2D eigenvalue weighted by atomic mass is 16.5. The predicted molar refractivity (Wildman–Crippen MR) is 87.1 cm³/mol. The number of nitrogens with one attached hydrogen (secondary N) is 1. The Labute approximate surface area is 136 Å². The molecule has 0 unspecified atom stereocenters. The molecule has 0 spiro atoms. The minimum absolute atomic E-state index is 0.0905. The van der Waals surface area contributed by atoms with Crippen LogP contribution in [0.4, 0.5) is 0 Å². The van der Waals surface area contributed by atoms with Crippen molar-refractivity contribution in [2.45, 2.75) is 26.9 Å². The third-order valence-electron chi connectivity index (χ3n) is 3.68. The first-order valence-corrected chi connectivity index (χ1v) is 7.63. The molecule has 0 aliphatic carbocycles. The largest absolute Gasteiger partial charge is 0.492 e. The maximum Gasteiger partial charge on any atom is 0.119 e. The van der Waals surface area contributed by atoms with Crippen LogP contribution >= 0.6 is 0 Å². The zero-order valence-corrected chi connectivity index (χ0v) is 13.5. The second kappa shape index (κ2) is 8.32. The number of hydrogen-bond donors (Lipinski definition) is 2. The Balaban J connectivity index is 1.76. The van der Waals surface area contributed by atoms with Crippen molar-refractivity contribution in [3.8, 4) is 11.8 Å². The molecule has 0 radical (unpaired) electrons. The summed E-state index contributed by atoms with van der Waals surface area (Å²) in [5, 5.41) is 25.5. The molecule has 1 aromatic heterocycles. The van der Waals surface area contributed by atoms with Gasteiger partial charge >= 0.3 is 0 Å². The number of aromatic nitrogens is 2. The van der Waals surface area contributed by atoms with Crippen LogP contribution in [0, 0.1) is 25.2 Å². The van der Waals surface area contributed by atoms with E-state index in [4.69, 9.17) is 15.1 Å².